The molecule has 0 fully saturated rings. The molecule has 3 aromatic rings. The minimum absolute atomic E-state index is 0.619. The van der Waals surface area contributed by atoms with Crippen LogP contribution in [0.1, 0.15) is 0 Å². The third-order valence-electron chi connectivity index (χ3n) is 2.94. The molecule has 2 nitrogen and oxygen atoms in total. The molecule has 0 heterocycles. The standard InChI is InChI=1S/C18H13Cl2O2P/c19-14-6-4-8-16(12-14)21-23(18-10-2-1-3-11-18)22-17-9-5-7-15(20)13-17/h1-13H. The highest BCUT2D eigenvalue weighted by molar-refractivity contribution is 7.56. The topological polar surface area (TPSA) is 18.5 Å². The molecule has 0 atom stereocenters. The van der Waals surface area contributed by atoms with Crippen molar-refractivity contribution in [1.82, 2.24) is 0 Å². The lowest BCUT2D eigenvalue weighted by atomic mass is 10.3. The lowest BCUT2D eigenvalue weighted by molar-refractivity contribution is 0.502. The molecule has 0 aliphatic rings. The van der Waals surface area contributed by atoms with Crippen molar-refractivity contribution in [3.8, 4) is 11.5 Å². The SMILES string of the molecule is Clc1cccc(OP(Oc2cccc(Cl)c2)c2ccccc2)c1. The largest absolute Gasteiger partial charge is 0.435 e. The molecule has 0 amide bonds. The molecule has 5 heteroatoms. The van der Waals surface area contributed by atoms with Crippen LogP contribution in [0.5, 0.6) is 11.5 Å². The Morgan fingerprint density at radius 1 is 0.609 bits per heavy atom. The van der Waals surface area contributed by atoms with Crippen LogP contribution in [0.2, 0.25) is 10.0 Å². The van der Waals surface area contributed by atoms with Crippen molar-refractivity contribution >= 4 is 36.9 Å². The smallest absolute Gasteiger partial charge is 0.326 e. The number of halogens is 2. The minimum atomic E-state index is -1.35. The zero-order valence-electron chi connectivity index (χ0n) is 12.0. The van der Waals surface area contributed by atoms with E-state index in [4.69, 9.17) is 32.2 Å². The first-order chi connectivity index (χ1) is 11.2. The van der Waals surface area contributed by atoms with Gasteiger partial charge < -0.3 is 9.05 Å². The van der Waals surface area contributed by atoms with E-state index in [1.807, 2.05) is 54.6 Å². The van der Waals surface area contributed by atoms with E-state index in [2.05, 4.69) is 0 Å². The Balaban J connectivity index is 1.87. The third kappa shape index (κ3) is 4.62. The van der Waals surface area contributed by atoms with Crippen molar-refractivity contribution in [3.63, 3.8) is 0 Å². The van der Waals surface area contributed by atoms with Gasteiger partial charge >= 0.3 is 8.38 Å². The summed E-state index contributed by atoms with van der Waals surface area (Å²) in [5.74, 6) is 1.32. The van der Waals surface area contributed by atoms with Gasteiger partial charge in [-0.05, 0) is 48.5 Å². The Bertz CT molecular complexity index is 733. The third-order valence-corrected chi connectivity index (χ3v) is 4.88. The Kier molecular flexibility index (Phi) is 5.40. The van der Waals surface area contributed by atoms with E-state index in [-0.39, 0.29) is 0 Å². The fraction of sp³-hybridized carbons (Fsp3) is 0. The summed E-state index contributed by atoms with van der Waals surface area (Å²) in [6.45, 7) is 0. The van der Waals surface area contributed by atoms with E-state index < -0.39 is 8.38 Å². The summed E-state index contributed by atoms with van der Waals surface area (Å²) in [6, 6.07) is 24.3. The molecule has 0 aliphatic heterocycles. The second-order valence-electron chi connectivity index (χ2n) is 4.69. The maximum absolute atomic E-state index is 6.04. The lowest BCUT2D eigenvalue weighted by Crippen LogP contribution is -2.09. The second-order valence-corrected chi connectivity index (χ2v) is 6.96. The van der Waals surface area contributed by atoms with Crippen LogP contribution in [-0.4, -0.2) is 0 Å². The summed E-state index contributed by atoms with van der Waals surface area (Å²) in [6.07, 6.45) is 0. The zero-order chi connectivity index (χ0) is 16.1. The molecule has 23 heavy (non-hydrogen) atoms. The van der Waals surface area contributed by atoms with E-state index in [1.54, 1.807) is 24.3 Å². The van der Waals surface area contributed by atoms with Gasteiger partial charge in [0, 0.05) is 10.0 Å². The summed E-state index contributed by atoms with van der Waals surface area (Å²) in [5, 5.41) is 2.20. The Morgan fingerprint density at radius 3 is 1.61 bits per heavy atom. The molecule has 0 spiro atoms. The number of hydrogen-bond acceptors (Lipinski definition) is 2. The van der Waals surface area contributed by atoms with Gasteiger partial charge in [0.2, 0.25) is 0 Å². The second kappa shape index (κ2) is 7.70. The summed E-state index contributed by atoms with van der Waals surface area (Å²) < 4.78 is 12.1. The van der Waals surface area contributed by atoms with Crippen molar-refractivity contribution in [1.29, 1.82) is 0 Å². The van der Waals surface area contributed by atoms with E-state index in [1.165, 1.54) is 0 Å². The van der Waals surface area contributed by atoms with Gasteiger partial charge in [0.25, 0.3) is 0 Å². The highest BCUT2D eigenvalue weighted by Gasteiger charge is 2.18. The molecule has 0 saturated carbocycles. The average Bonchev–Trinajstić information content (AvgIpc) is 2.55. The van der Waals surface area contributed by atoms with Crippen LogP contribution in [0.3, 0.4) is 0 Å². The first-order valence-electron chi connectivity index (χ1n) is 6.93. The Hall–Kier alpha value is -1.73. The maximum atomic E-state index is 6.04. The van der Waals surface area contributed by atoms with Gasteiger partial charge in [-0.1, -0.05) is 53.5 Å². The molecule has 0 saturated heterocycles. The molecule has 0 bridgehead atoms. The van der Waals surface area contributed by atoms with Crippen LogP contribution in [0.25, 0.3) is 0 Å². The highest BCUT2D eigenvalue weighted by atomic mass is 35.5. The summed E-state index contributed by atoms with van der Waals surface area (Å²) in [5.41, 5.74) is 0. The molecule has 116 valence electrons. The summed E-state index contributed by atoms with van der Waals surface area (Å²) >= 11 is 12.0. The Morgan fingerprint density at radius 2 is 1.13 bits per heavy atom. The molecule has 0 radical (unpaired) electrons. The zero-order valence-corrected chi connectivity index (χ0v) is 14.4. The van der Waals surface area contributed by atoms with Crippen LogP contribution in [-0.2, 0) is 0 Å². The quantitative estimate of drug-likeness (QED) is 0.511. The monoisotopic (exact) mass is 362 g/mol. The van der Waals surface area contributed by atoms with E-state index in [9.17, 15) is 0 Å². The van der Waals surface area contributed by atoms with Gasteiger partial charge in [0.05, 0.1) is 5.30 Å². The minimum Gasteiger partial charge on any atom is -0.435 e. The number of rotatable bonds is 5. The predicted octanol–water partition coefficient (Wildman–Crippen LogP) is 6.09. The van der Waals surface area contributed by atoms with E-state index in [0.29, 0.717) is 21.5 Å². The van der Waals surface area contributed by atoms with Gasteiger partial charge in [0.1, 0.15) is 11.5 Å². The Labute approximate surface area is 146 Å². The van der Waals surface area contributed by atoms with Crippen LogP contribution in [0.15, 0.2) is 78.9 Å². The summed E-state index contributed by atoms with van der Waals surface area (Å²) in [7, 11) is -1.35. The fourth-order valence-corrected chi connectivity index (χ4v) is 3.55. The summed E-state index contributed by atoms with van der Waals surface area (Å²) in [4.78, 5) is 0. The molecule has 3 aromatic carbocycles. The van der Waals surface area contributed by atoms with Crippen LogP contribution < -0.4 is 14.4 Å². The predicted molar refractivity (Wildman–Crippen MR) is 97.2 cm³/mol. The molecule has 3 rings (SSSR count). The van der Waals surface area contributed by atoms with Crippen LogP contribution >= 0.6 is 31.6 Å². The molecular weight excluding hydrogens is 350 g/mol. The van der Waals surface area contributed by atoms with Crippen molar-refractivity contribution in [2.45, 2.75) is 0 Å². The number of hydrogen-bond donors (Lipinski definition) is 0. The molecule has 0 N–H and O–H groups in total. The fourth-order valence-electron chi connectivity index (χ4n) is 1.91. The first kappa shape index (κ1) is 16.1. The van der Waals surface area contributed by atoms with Crippen LogP contribution in [0, 0.1) is 0 Å². The normalized spacial score (nSPS) is 10.6. The van der Waals surface area contributed by atoms with Crippen molar-refractivity contribution in [2.75, 3.05) is 0 Å². The molecule has 0 aromatic heterocycles. The first-order valence-corrected chi connectivity index (χ1v) is 8.86. The molecule has 0 unspecified atom stereocenters. The highest BCUT2D eigenvalue weighted by Crippen LogP contribution is 2.40. The molecular formula is C18H13Cl2O2P. The average molecular weight is 363 g/mol. The van der Waals surface area contributed by atoms with Gasteiger partial charge in [-0.25, -0.2) is 0 Å². The maximum Gasteiger partial charge on any atom is 0.326 e. The van der Waals surface area contributed by atoms with Crippen molar-refractivity contribution in [3.05, 3.63) is 88.9 Å². The number of benzene rings is 3. The van der Waals surface area contributed by atoms with Gasteiger partial charge in [-0.3, -0.25) is 0 Å². The lowest BCUT2D eigenvalue weighted by Gasteiger charge is -2.19. The van der Waals surface area contributed by atoms with Crippen molar-refractivity contribution < 1.29 is 9.05 Å². The van der Waals surface area contributed by atoms with Gasteiger partial charge in [0.15, 0.2) is 0 Å². The van der Waals surface area contributed by atoms with E-state index in [0.717, 1.165) is 5.30 Å². The van der Waals surface area contributed by atoms with Gasteiger partial charge in [-0.2, -0.15) is 0 Å². The van der Waals surface area contributed by atoms with E-state index >= 15 is 0 Å². The molecule has 0 aliphatic carbocycles. The van der Waals surface area contributed by atoms with Gasteiger partial charge in [-0.15, -0.1) is 0 Å². The van der Waals surface area contributed by atoms with Crippen molar-refractivity contribution in [2.24, 2.45) is 0 Å². The van der Waals surface area contributed by atoms with Crippen LogP contribution in [0.4, 0.5) is 0 Å².